The molecule has 4 heteroatoms. The molecular formula is C63H48N2OSi. The van der Waals surface area contributed by atoms with Crippen molar-refractivity contribution in [2.24, 2.45) is 0 Å². The molecule has 0 fully saturated rings. The summed E-state index contributed by atoms with van der Waals surface area (Å²) in [6, 6.07) is 93.5. The van der Waals surface area contributed by atoms with Crippen molar-refractivity contribution in [1.82, 2.24) is 0 Å². The Kier molecular flexibility index (Phi) is 9.85. The molecule has 320 valence electrons. The van der Waals surface area contributed by atoms with Crippen molar-refractivity contribution >= 4 is 84.9 Å². The van der Waals surface area contributed by atoms with E-state index in [1.54, 1.807) is 0 Å². The molecule has 0 atom stereocenters. The molecule has 67 heavy (non-hydrogen) atoms. The molecule has 0 radical (unpaired) electrons. The third-order valence-electron chi connectivity index (χ3n) is 14.0. The van der Waals surface area contributed by atoms with Gasteiger partial charge in [-0.1, -0.05) is 184 Å². The maximum atomic E-state index is 6.43. The lowest BCUT2D eigenvalue weighted by molar-refractivity contribution is 0.660. The van der Waals surface area contributed by atoms with Gasteiger partial charge in [0, 0.05) is 56.4 Å². The quantitative estimate of drug-likeness (QED) is 0.101. The molecule has 0 spiro atoms. The van der Waals surface area contributed by atoms with E-state index in [2.05, 4.69) is 266 Å². The third-order valence-corrected chi connectivity index (χ3v) is 18.8. The van der Waals surface area contributed by atoms with Gasteiger partial charge in [-0.05, 0) is 122 Å². The summed E-state index contributed by atoms with van der Waals surface area (Å²) in [5, 5.41) is 7.49. The van der Waals surface area contributed by atoms with Gasteiger partial charge in [-0.3, -0.25) is 0 Å². The lowest BCUT2D eigenvalue weighted by Crippen LogP contribution is -2.74. The van der Waals surface area contributed by atoms with Crippen molar-refractivity contribution in [2.45, 2.75) is 19.3 Å². The van der Waals surface area contributed by atoms with E-state index in [1.807, 2.05) is 12.1 Å². The van der Waals surface area contributed by atoms with Crippen LogP contribution in [-0.4, -0.2) is 8.07 Å². The van der Waals surface area contributed by atoms with Crippen molar-refractivity contribution in [2.75, 3.05) is 9.80 Å². The van der Waals surface area contributed by atoms with Crippen LogP contribution in [0.3, 0.4) is 0 Å². The van der Waals surface area contributed by atoms with Crippen LogP contribution < -0.4 is 30.5 Å². The van der Waals surface area contributed by atoms with Gasteiger partial charge in [-0.25, -0.2) is 0 Å². The first-order valence-corrected chi connectivity index (χ1v) is 25.2. The Labute approximate surface area is 393 Å². The maximum absolute atomic E-state index is 6.43. The summed E-state index contributed by atoms with van der Waals surface area (Å²) in [5.41, 5.74) is 13.6. The van der Waals surface area contributed by atoms with Crippen molar-refractivity contribution < 1.29 is 4.42 Å². The molecule has 12 rings (SSSR count). The van der Waals surface area contributed by atoms with Gasteiger partial charge in [0.15, 0.2) is 8.07 Å². The lowest BCUT2D eigenvalue weighted by atomic mass is 9.82. The van der Waals surface area contributed by atoms with E-state index in [0.29, 0.717) is 0 Å². The number of fused-ring (bicyclic) bond motifs is 6. The summed E-state index contributed by atoms with van der Waals surface area (Å²) in [5.74, 6) is 0. The highest BCUT2D eigenvalue weighted by molar-refractivity contribution is 7.20. The van der Waals surface area contributed by atoms with E-state index in [-0.39, 0.29) is 5.41 Å². The number of anilines is 6. The molecule has 3 nitrogen and oxygen atoms in total. The fourth-order valence-corrected chi connectivity index (χ4v) is 15.6. The van der Waals surface area contributed by atoms with Crippen LogP contribution in [0.4, 0.5) is 34.1 Å². The highest BCUT2D eigenvalue weighted by atomic mass is 28.3. The number of hydrogen-bond donors (Lipinski definition) is 0. The number of hydrogen-bond acceptors (Lipinski definition) is 3. The number of furan rings is 1. The Hall–Kier alpha value is -8.18. The second-order valence-electron chi connectivity index (χ2n) is 18.1. The Balaban J connectivity index is 1.03. The van der Waals surface area contributed by atoms with Gasteiger partial charge in [0.1, 0.15) is 11.2 Å². The van der Waals surface area contributed by atoms with Crippen molar-refractivity contribution in [3.63, 3.8) is 0 Å². The number of nitrogens with zero attached hydrogens (tertiary/aromatic N) is 2. The fraction of sp³-hybridized carbons (Fsp3) is 0.0476. The highest BCUT2D eigenvalue weighted by Gasteiger charge is 2.42. The van der Waals surface area contributed by atoms with Crippen LogP contribution in [0.2, 0.25) is 0 Å². The minimum absolute atomic E-state index is 0.128. The monoisotopic (exact) mass is 876 g/mol. The zero-order chi connectivity index (χ0) is 45.0. The molecule has 10 aromatic carbocycles. The first kappa shape index (κ1) is 40.3. The van der Waals surface area contributed by atoms with Crippen molar-refractivity contribution in [3.05, 3.63) is 266 Å². The van der Waals surface area contributed by atoms with Crippen LogP contribution in [0.15, 0.2) is 259 Å². The predicted molar refractivity (Wildman–Crippen MR) is 284 cm³/mol. The van der Waals surface area contributed by atoms with Crippen LogP contribution in [0, 0.1) is 0 Å². The summed E-state index contributed by atoms with van der Waals surface area (Å²) < 4.78 is 6.43. The Morgan fingerprint density at radius 1 is 0.313 bits per heavy atom. The summed E-state index contributed by atoms with van der Waals surface area (Å²) in [6.07, 6.45) is 0. The van der Waals surface area contributed by atoms with Crippen molar-refractivity contribution in [1.29, 1.82) is 0 Å². The van der Waals surface area contributed by atoms with Gasteiger partial charge in [0.25, 0.3) is 0 Å². The first-order valence-electron chi connectivity index (χ1n) is 23.2. The van der Waals surface area contributed by atoms with Gasteiger partial charge in [-0.15, -0.1) is 0 Å². The van der Waals surface area contributed by atoms with Crippen molar-refractivity contribution in [3.8, 4) is 11.1 Å². The number of benzene rings is 10. The van der Waals surface area contributed by atoms with Crippen LogP contribution in [0.5, 0.6) is 0 Å². The molecule has 11 aromatic rings. The molecule has 0 N–H and O–H groups in total. The zero-order valence-electron chi connectivity index (χ0n) is 37.6. The lowest BCUT2D eigenvalue weighted by Gasteiger charge is -2.36. The van der Waals surface area contributed by atoms with Gasteiger partial charge >= 0.3 is 0 Å². The van der Waals surface area contributed by atoms with Crippen LogP contribution in [0.25, 0.3) is 33.1 Å². The van der Waals surface area contributed by atoms with E-state index < -0.39 is 8.07 Å². The standard InChI is InChI=1S/C63H48N2OSi/c1-63(2)59-32-17-15-30-55(59)56-40-36-49(43-60(56)63)65(46-22-9-4-10-23-46)48-24-19-29-54(42-48)67(51-25-11-5-12-26-51,52-27-13-6-14-28-52)53-38-34-47(35-39-53)64(45-20-7-3-8-21-45)50-37-41-58-57-31-16-18-33-61(57)66-62(58)44-50/h3-44H,1-2H3. The van der Waals surface area contributed by atoms with E-state index in [0.717, 1.165) is 56.1 Å². The Bertz CT molecular complexity index is 3510. The average Bonchev–Trinajstić information content (AvgIpc) is 3.87. The molecule has 1 heterocycles. The molecule has 1 aliphatic carbocycles. The van der Waals surface area contributed by atoms with E-state index in [9.17, 15) is 0 Å². The second-order valence-corrected chi connectivity index (χ2v) is 21.9. The topological polar surface area (TPSA) is 19.6 Å². The number of para-hydroxylation sites is 3. The highest BCUT2D eigenvalue weighted by Crippen LogP contribution is 2.50. The minimum atomic E-state index is -2.99. The summed E-state index contributed by atoms with van der Waals surface area (Å²) in [4.78, 5) is 4.77. The maximum Gasteiger partial charge on any atom is 0.179 e. The zero-order valence-corrected chi connectivity index (χ0v) is 38.6. The smallest absolute Gasteiger partial charge is 0.179 e. The van der Waals surface area contributed by atoms with Gasteiger partial charge in [0.05, 0.1) is 0 Å². The molecular weight excluding hydrogens is 829 g/mol. The Morgan fingerprint density at radius 3 is 1.45 bits per heavy atom. The molecule has 1 aromatic heterocycles. The normalized spacial score (nSPS) is 12.7. The SMILES string of the molecule is CC1(C)c2ccccc2-c2ccc(N(c3ccccc3)c3cccc([Si](c4ccccc4)(c4ccccc4)c4ccc(N(c5ccccc5)c5ccc6c(c5)oc5ccccc56)cc4)c3)cc21. The molecule has 0 saturated carbocycles. The van der Waals surface area contributed by atoms with E-state index >= 15 is 0 Å². The molecule has 0 amide bonds. The van der Waals surface area contributed by atoms with Crippen LogP contribution in [-0.2, 0) is 5.41 Å². The summed E-state index contributed by atoms with van der Waals surface area (Å²) >= 11 is 0. The van der Waals surface area contributed by atoms with Gasteiger partial charge < -0.3 is 14.2 Å². The first-order chi connectivity index (χ1) is 33.0. The molecule has 0 bridgehead atoms. The largest absolute Gasteiger partial charge is 0.456 e. The predicted octanol–water partition coefficient (Wildman–Crippen LogP) is 14.2. The fourth-order valence-electron chi connectivity index (χ4n) is 10.8. The number of rotatable bonds is 10. The van der Waals surface area contributed by atoms with Gasteiger partial charge in [0.2, 0.25) is 0 Å². The minimum Gasteiger partial charge on any atom is -0.456 e. The van der Waals surface area contributed by atoms with E-state index in [4.69, 9.17) is 4.42 Å². The van der Waals surface area contributed by atoms with Crippen LogP contribution in [0.1, 0.15) is 25.0 Å². The average molecular weight is 877 g/mol. The third kappa shape index (κ3) is 6.71. The van der Waals surface area contributed by atoms with Gasteiger partial charge in [-0.2, -0.15) is 0 Å². The van der Waals surface area contributed by atoms with Crippen LogP contribution >= 0.6 is 0 Å². The molecule has 1 aliphatic rings. The summed E-state index contributed by atoms with van der Waals surface area (Å²) in [7, 11) is -2.99. The molecule has 0 unspecified atom stereocenters. The second kappa shape index (κ2) is 16.4. The molecule has 0 aliphatic heterocycles. The Morgan fingerprint density at radius 2 is 0.761 bits per heavy atom. The van der Waals surface area contributed by atoms with E-state index in [1.165, 1.54) is 43.0 Å². The summed E-state index contributed by atoms with van der Waals surface area (Å²) in [6.45, 7) is 4.72. The molecule has 0 saturated heterocycles.